The molecule has 0 bridgehead atoms. The summed E-state index contributed by atoms with van der Waals surface area (Å²) in [6, 6.07) is 0. The predicted molar refractivity (Wildman–Crippen MR) is 66.5 cm³/mol. The standard InChI is InChI=1S/C8H15O4PS2/c1-4-11-13(14,12-5-2)15-8(10)6-7(3)9/h6,9H,4-5H2,1-3H3/b7-6+. The number of aliphatic hydroxyl groups excluding tert-OH is 1. The minimum absolute atomic E-state index is 0.0537. The van der Waals surface area contributed by atoms with Gasteiger partial charge < -0.3 is 14.2 Å². The lowest BCUT2D eigenvalue weighted by atomic mass is 10.5. The van der Waals surface area contributed by atoms with Gasteiger partial charge >= 0.3 is 0 Å². The number of aliphatic hydroxyl groups is 1. The molecule has 0 aliphatic heterocycles. The summed E-state index contributed by atoms with van der Waals surface area (Å²) in [6.45, 7) is 5.80. The molecule has 0 rings (SSSR count). The number of carbonyl (C=O) groups excluding carboxylic acids is 1. The first-order valence-corrected chi connectivity index (χ1v) is 8.49. The van der Waals surface area contributed by atoms with Crippen LogP contribution in [0.4, 0.5) is 0 Å². The topological polar surface area (TPSA) is 55.8 Å². The van der Waals surface area contributed by atoms with E-state index in [2.05, 4.69) is 0 Å². The van der Waals surface area contributed by atoms with E-state index in [1.54, 1.807) is 13.8 Å². The summed E-state index contributed by atoms with van der Waals surface area (Å²) < 4.78 is 10.5. The van der Waals surface area contributed by atoms with Crippen molar-refractivity contribution in [2.45, 2.75) is 20.8 Å². The first-order valence-electron chi connectivity index (χ1n) is 4.43. The lowest BCUT2D eigenvalue weighted by Crippen LogP contribution is -1.95. The van der Waals surface area contributed by atoms with Crippen LogP contribution in [0.15, 0.2) is 11.8 Å². The molecule has 0 fully saturated rings. The molecule has 0 atom stereocenters. The van der Waals surface area contributed by atoms with Gasteiger partial charge in [0.25, 0.3) is 5.69 Å². The van der Waals surface area contributed by atoms with Gasteiger partial charge in [-0.1, -0.05) is 0 Å². The maximum absolute atomic E-state index is 11.3. The Morgan fingerprint density at radius 2 is 1.93 bits per heavy atom. The Hall–Kier alpha value is 0.130. The van der Waals surface area contributed by atoms with Gasteiger partial charge in [0.1, 0.15) is 0 Å². The highest BCUT2D eigenvalue weighted by Gasteiger charge is 2.22. The Kier molecular flexibility index (Phi) is 7.48. The van der Waals surface area contributed by atoms with Crippen LogP contribution in [0.1, 0.15) is 20.8 Å². The Morgan fingerprint density at radius 1 is 1.47 bits per heavy atom. The monoisotopic (exact) mass is 270 g/mol. The second-order valence-electron chi connectivity index (χ2n) is 2.48. The van der Waals surface area contributed by atoms with Crippen LogP contribution in [0, 0.1) is 0 Å². The SMILES string of the molecule is CCOP(=S)(OCC)SC(=O)/C=C(\C)O. The largest absolute Gasteiger partial charge is 0.512 e. The van der Waals surface area contributed by atoms with Gasteiger partial charge in [-0.15, -0.1) is 0 Å². The van der Waals surface area contributed by atoms with Gasteiger partial charge in [-0.25, -0.2) is 0 Å². The van der Waals surface area contributed by atoms with Crippen molar-refractivity contribution in [2.75, 3.05) is 13.2 Å². The lowest BCUT2D eigenvalue weighted by molar-refractivity contribution is -0.107. The van der Waals surface area contributed by atoms with Crippen molar-refractivity contribution in [2.24, 2.45) is 0 Å². The second-order valence-corrected chi connectivity index (χ2v) is 8.60. The van der Waals surface area contributed by atoms with Crippen LogP contribution < -0.4 is 0 Å². The minimum Gasteiger partial charge on any atom is -0.512 e. The van der Waals surface area contributed by atoms with Crippen molar-refractivity contribution in [1.82, 2.24) is 0 Å². The van der Waals surface area contributed by atoms with Crippen LogP contribution in [0.3, 0.4) is 0 Å². The summed E-state index contributed by atoms with van der Waals surface area (Å²) in [5, 5.41) is 8.56. The van der Waals surface area contributed by atoms with Crippen molar-refractivity contribution in [3.8, 4) is 0 Å². The smallest absolute Gasteiger partial charge is 0.255 e. The van der Waals surface area contributed by atoms with Crippen molar-refractivity contribution in [1.29, 1.82) is 0 Å². The quantitative estimate of drug-likeness (QED) is 0.455. The van der Waals surface area contributed by atoms with Gasteiger partial charge in [0.15, 0.2) is 0 Å². The molecule has 0 saturated carbocycles. The van der Waals surface area contributed by atoms with Crippen molar-refractivity contribution < 1.29 is 18.9 Å². The zero-order chi connectivity index (χ0) is 11.9. The molecule has 7 heteroatoms. The van der Waals surface area contributed by atoms with Crippen molar-refractivity contribution in [3.63, 3.8) is 0 Å². The van der Waals surface area contributed by atoms with Crippen molar-refractivity contribution >= 4 is 34.0 Å². The molecule has 0 aromatic heterocycles. The molecule has 0 amide bonds. The summed E-state index contributed by atoms with van der Waals surface area (Å²) in [5.74, 6) is -0.0537. The Balaban J connectivity index is 4.48. The third kappa shape index (κ3) is 7.09. The molecule has 0 saturated heterocycles. The highest BCUT2D eigenvalue weighted by atomic mass is 32.9. The van der Waals surface area contributed by atoms with E-state index in [9.17, 15) is 4.79 Å². The van der Waals surface area contributed by atoms with Gasteiger partial charge in [0, 0.05) is 17.5 Å². The molecule has 15 heavy (non-hydrogen) atoms. The highest BCUT2D eigenvalue weighted by Crippen LogP contribution is 2.61. The highest BCUT2D eigenvalue weighted by molar-refractivity contribution is 8.73. The zero-order valence-electron chi connectivity index (χ0n) is 8.93. The first kappa shape index (κ1) is 15.1. The van der Waals surface area contributed by atoms with Gasteiger partial charge in [0.2, 0.25) is 5.12 Å². The van der Waals surface area contributed by atoms with Crippen LogP contribution in [-0.4, -0.2) is 23.4 Å². The number of hydrogen-bond donors (Lipinski definition) is 1. The van der Waals surface area contributed by atoms with E-state index in [0.717, 1.165) is 17.5 Å². The van der Waals surface area contributed by atoms with Crippen LogP contribution in [0.2, 0.25) is 0 Å². The normalized spacial score (nSPS) is 12.9. The fourth-order valence-electron chi connectivity index (χ4n) is 0.713. The van der Waals surface area contributed by atoms with E-state index in [-0.39, 0.29) is 10.9 Å². The molecule has 0 aliphatic carbocycles. The number of carbonyl (C=O) groups is 1. The first-order chi connectivity index (χ1) is 6.93. The molecular formula is C8H15O4PS2. The molecular weight excluding hydrogens is 255 g/mol. The summed E-state index contributed by atoms with van der Waals surface area (Å²) in [6.07, 6.45) is 1.10. The van der Waals surface area contributed by atoms with E-state index < -0.39 is 5.69 Å². The van der Waals surface area contributed by atoms with Crippen molar-refractivity contribution in [3.05, 3.63) is 11.8 Å². The molecule has 0 unspecified atom stereocenters. The predicted octanol–water partition coefficient (Wildman–Crippen LogP) is 3.01. The Labute approximate surface area is 99.0 Å². The van der Waals surface area contributed by atoms with E-state index in [1.807, 2.05) is 0 Å². The molecule has 0 spiro atoms. The molecule has 0 heterocycles. The zero-order valence-corrected chi connectivity index (χ0v) is 11.5. The average molecular weight is 270 g/mol. The number of allylic oxidation sites excluding steroid dienone is 1. The van der Waals surface area contributed by atoms with E-state index in [1.165, 1.54) is 6.92 Å². The van der Waals surface area contributed by atoms with E-state index >= 15 is 0 Å². The van der Waals surface area contributed by atoms with Crippen LogP contribution >= 0.6 is 17.1 Å². The molecule has 0 radical (unpaired) electrons. The average Bonchev–Trinajstić information content (AvgIpc) is 2.01. The summed E-state index contributed by atoms with van der Waals surface area (Å²) >= 11 is 5.96. The molecule has 0 aliphatic rings. The molecule has 88 valence electrons. The fraction of sp³-hybridized carbons (Fsp3) is 0.625. The van der Waals surface area contributed by atoms with Crippen LogP contribution in [-0.2, 0) is 25.6 Å². The van der Waals surface area contributed by atoms with Crippen LogP contribution in [0.25, 0.3) is 0 Å². The number of hydrogen-bond acceptors (Lipinski definition) is 6. The maximum atomic E-state index is 11.3. The minimum atomic E-state index is -2.59. The number of rotatable bonds is 6. The van der Waals surface area contributed by atoms with Gasteiger partial charge in [0.05, 0.1) is 19.0 Å². The van der Waals surface area contributed by atoms with Gasteiger partial charge in [-0.3, -0.25) is 4.79 Å². The van der Waals surface area contributed by atoms with Crippen LogP contribution in [0.5, 0.6) is 0 Å². The maximum Gasteiger partial charge on any atom is 0.255 e. The van der Waals surface area contributed by atoms with Gasteiger partial charge in [-0.2, -0.15) is 0 Å². The summed E-state index contributed by atoms with van der Waals surface area (Å²) in [4.78, 5) is 11.3. The third-order valence-electron chi connectivity index (χ3n) is 1.10. The third-order valence-corrected chi connectivity index (χ3v) is 5.92. The lowest BCUT2D eigenvalue weighted by Gasteiger charge is -2.17. The molecule has 0 aromatic rings. The molecule has 0 aromatic carbocycles. The van der Waals surface area contributed by atoms with Gasteiger partial charge in [-0.05, 0) is 32.6 Å². The fourth-order valence-corrected chi connectivity index (χ4v) is 5.03. The van der Waals surface area contributed by atoms with E-state index in [4.69, 9.17) is 26.0 Å². The summed E-state index contributed by atoms with van der Waals surface area (Å²) in [7, 11) is 0. The molecule has 1 N–H and O–H groups in total. The van der Waals surface area contributed by atoms with E-state index in [0.29, 0.717) is 13.2 Å². The summed E-state index contributed by atoms with van der Waals surface area (Å²) in [5.41, 5.74) is -2.59. The molecule has 4 nitrogen and oxygen atoms in total. The second kappa shape index (κ2) is 7.41. The Morgan fingerprint density at radius 3 is 2.27 bits per heavy atom. The Bertz CT molecular complexity index is 276.